The van der Waals surface area contributed by atoms with Crippen molar-refractivity contribution in [3.8, 4) is 5.75 Å². The van der Waals surface area contributed by atoms with Gasteiger partial charge < -0.3 is 20.3 Å². The maximum atomic E-state index is 5.48. The lowest BCUT2D eigenvalue weighted by molar-refractivity contribution is 0.141. The molecule has 0 radical (unpaired) electrons. The molecule has 0 aliphatic carbocycles. The Morgan fingerprint density at radius 3 is 2.56 bits per heavy atom. The highest BCUT2D eigenvalue weighted by atomic mass is 127. The summed E-state index contributed by atoms with van der Waals surface area (Å²) in [5.41, 5.74) is 1.29. The maximum Gasteiger partial charge on any atom is 0.191 e. The predicted octanol–water partition coefficient (Wildman–Crippen LogP) is 4.13. The van der Waals surface area contributed by atoms with E-state index >= 15 is 0 Å². The number of halogens is 1. The molecule has 2 heterocycles. The van der Waals surface area contributed by atoms with Crippen molar-refractivity contribution in [2.24, 2.45) is 10.9 Å². The molecule has 2 aliphatic rings. The molecule has 0 amide bonds. The Morgan fingerprint density at radius 2 is 1.88 bits per heavy atom. The number of piperidine rings is 1. The molecule has 1 aromatic carbocycles. The SMILES string of the molecule is CCNC(=NCC(c1cccc(OC)c1)N1CCCC1)NCC1CCCN(C(C)C)C1.I. The minimum Gasteiger partial charge on any atom is -0.497 e. The van der Waals surface area contributed by atoms with Crippen molar-refractivity contribution in [3.05, 3.63) is 29.8 Å². The van der Waals surface area contributed by atoms with Crippen molar-refractivity contribution < 1.29 is 4.74 Å². The molecule has 2 saturated heterocycles. The van der Waals surface area contributed by atoms with Gasteiger partial charge in [-0.2, -0.15) is 0 Å². The van der Waals surface area contributed by atoms with Gasteiger partial charge in [0.05, 0.1) is 19.7 Å². The molecule has 2 N–H and O–H groups in total. The Bertz CT molecular complexity index is 693. The normalized spacial score (nSPS) is 21.3. The lowest BCUT2D eigenvalue weighted by atomic mass is 9.97. The van der Waals surface area contributed by atoms with Crippen LogP contribution in [0.3, 0.4) is 0 Å². The third-order valence-corrected chi connectivity index (χ3v) is 6.67. The summed E-state index contributed by atoms with van der Waals surface area (Å²) in [7, 11) is 1.74. The second-order valence-electron chi connectivity index (χ2n) is 9.23. The molecule has 2 aliphatic heterocycles. The van der Waals surface area contributed by atoms with E-state index in [2.05, 4.69) is 59.4 Å². The van der Waals surface area contributed by atoms with E-state index < -0.39 is 0 Å². The first-order chi connectivity index (χ1) is 15.1. The van der Waals surface area contributed by atoms with E-state index in [9.17, 15) is 0 Å². The van der Waals surface area contributed by atoms with Crippen molar-refractivity contribution >= 4 is 29.9 Å². The van der Waals surface area contributed by atoms with Crippen LogP contribution in [-0.4, -0.2) is 74.7 Å². The van der Waals surface area contributed by atoms with Gasteiger partial charge in [-0.1, -0.05) is 12.1 Å². The molecule has 6 nitrogen and oxygen atoms in total. The Hall–Kier alpha value is -1.06. The van der Waals surface area contributed by atoms with Crippen LogP contribution in [0.2, 0.25) is 0 Å². The number of guanidine groups is 1. The van der Waals surface area contributed by atoms with Gasteiger partial charge in [-0.05, 0) is 89.7 Å². The molecular weight excluding hydrogens is 513 g/mol. The topological polar surface area (TPSA) is 52.1 Å². The lowest BCUT2D eigenvalue weighted by Crippen LogP contribution is -2.46. The van der Waals surface area contributed by atoms with Gasteiger partial charge in [-0.3, -0.25) is 9.89 Å². The van der Waals surface area contributed by atoms with Gasteiger partial charge in [0.1, 0.15) is 5.75 Å². The number of hydrogen-bond donors (Lipinski definition) is 2. The molecule has 0 aromatic heterocycles. The van der Waals surface area contributed by atoms with E-state index in [4.69, 9.17) is 9.73 Å². The molecule has 1 aromatic rings. The van der Waals surface area contributed by atoms with Crippen LogP contribution in [0.15, 0.2) is 29.3 Å². The summed E-state index contributed by atoms with van der Waals surface area (Å²) >= 11 is 0. The zero-order chi connectivity index (χ0) is 22.1. The highest BCUT2D eigenvalue weighted by Crippen LogP contribution is 2.28. The average Bonchev–Trinajstić information content (AvgIpc) is 3.32. The average molecular weight is 558 g/mol. The first-order valence-corrected chi connectivity index (χ1v) is 12.2. The van der Waals surface area contributed by atoms with E-state index in [0.29, 0.717) is 18.0 Å². The monoisotopic (exact) mass is 557 g/mol. The number of aliphatic imine (C=N–C) groups is 1. The molecule has 2 atom stereocenters. The third-order valence-electron chi connectivity index (χ3n) is 6.67. The summed E-state index contributed by atoms with van der Waals surface area (Å²) in [5.74, 6) is 2.55. The minimum atomic E-state index is 0. The second kappa shape index (κ2) is 14.3. The van der Waals surface area contributed by atoms with Crippen LogP contribution in [-0.2, 0) is 0 Å². The van der Waals surface area contributed by atoms with Gasteiger partial charge in [-0.25, -0.2) is 0 Å². The van der Waals surface area contributed by atoms with Gasteiger partial charge in [0, 0.05) is 25.7 Å². The fourth-order valence-corrected chi connectivity index (χ4v) is 4.83. The van der Waals surface area contributed by atoms with E-state index in [1.807, 2.05) is 6.07 Å². The molecule has 2 fully saturated rings. The number of nitrogens with zero attached hydrogens (tertiary/aromatic N) is 3. The van der Waals surface area contributed by atoms with Crippen LogP contribution in [0.5, 0.6) is 5.75 Å². The number of hydrogen-bond acceptors (Lipinski definition) is 4. The van der Waals surface area contributed by atoms with Crippen molar-refractivity contribution in [2.75, 3.05) is 52.9 Å². The zero-order valence-corrected chi connectivity index (χ0v) is 22.8. The lowest BCUT2D eigenvalue weighted by Gasteiger charge is -2.35. The highest BCUT2D eigenvalue weighted by molar-refractivity contribution is 14.0. The molecule has 7 heteroatoms. The van der Waals surface area contributed by atoms with Gasteiger partial charge >= 0.3 is 0 Å². The summed E-state index contributed by atoms with van der Waals surface area (Å²) in [6.45, 7) is 14.1. The Balaban J connectivity index is 0.00000363. The number of nitrogens with one attached hydrogen (secondary N) is 2. The van der Waals surface area contributed by atoms with Gasteiger partial charge in [0.25, 0.3) is 0 Å². The number of benzene rings is 1. The Morgan fingerprint density at radius 1 is 1.12 bits per heavy atom. The van der Waals surface area contributed by atoms with Gasteiger partial charge in [0.15, 0.2) is 5.96 Å². The van der Waals surface area contributed by atoms with Crippen LogP contribution in [0, 0.1) is 5.92 Å². The van der Waals surface area contributed by atoms with Crippen molar-refractivity contribution in [1.82, 2.24) is 20.4 Å². The first-order valence-electron chi connectivity index (χ1n) is 12.2. The van der Waals surface area contributed by atoms with E-state index in [1.54, 1.807) is 7.11 Å². The second-order valence-corrected chi connectivity index (χ2v) is 9.23. The highest BCUT2D eigenvalue weighted by Gasteiger charge is 2.24. The molecule has 182 valence electrons. The van der Waals surface area contributed by atoms with E-state index in [1.165, 1.54) is 44.3 Å². The zero-order valence-electron chi connectivity index (χ0n) is 20.5. The van der Waals surface area contributed by atoms with Crippen molar-refractivity contribution in [1.29, 1.82) is 0 Å². The summed E-state index contributed by atoms with van der Waals surface area (Å²) in [4.78, 5) is 10.2. The van der Waals surface area contributed by atoms with Crippen LogP contribution in [0.25, 0.3) is 0 Å². The molecule has 0 bridgehead atoms. The molecule has 3 rings (SSSR count). The smallest absolute Gasteiger partial charge is 0.191 e. The fraction of sp³-hybridized carbons (Fsp3) is 0.720. The summed E-state index contributed by atoms with van der Waals surface area (Å²) in [5, 5.41) is 7.10. The number of methoxy groups -OCH3 is 1. The Labute approximate surface area is 212 Å². The summed E-state index contributed by atoms with van der Waals surface area (Å²) in [6.07, 6.45) is 5.15. The standard InChI is InChI=1S/C25H43N5O.HI/c1-5-26-25(27-17-21-10-9-15-30(19-21)20(2)3)28-18-24(29-13-6-7-14-29)22-11-8-12-23(16-22)31-4;/h8,11-12,16,20-21,24H,5-7,9-10,13-15,17-19H2,1-4H3,(H2,26,27,28);1H. The van der Waals surface area contributed by atoms with Crippen LogP contribution < -0.4 is 15.4 Å². The first kappa shape index (κ1) is 27.2. The minimum absolute atomic E-state index is 0. The van der Waals surface area contributed by atoms with E-state index in [-0.39, 0.29) is 24.0 Å². The number of rotatable bonds is 9. The largest absolute Gasteiger partial charge is 0.497 e. The van der Waals surface area contributed by atoms with Gasteiger partial charge in [-0.15, -0.1) is 24.0 Å². The van der Waals surface area contributed by atoms with Crippen molar-refractivity contribution in [2.45, 2.75) is 58.5 Å². The van der Waals surface area contributed by atoms with E-state index in [0.717, 1.165) is 44.4 Å². The quantitative estimate of drug-likeness (QED) is 0.272. The third kappa shape index (κ3) is 8.06. The molecule has 0 saturated carbocycles. The molecule has 0 spiro atoms. The van der Waals surface area contributed by atoms with Crippen LogP contribution >= 0.6 is 24.0 Å². The summed E-state index contributed by atoms with van der Waals surface area (Å²) < 4.78 is 5.48. The molecule has 32 heavy (non-hydrogen) atoms. The van der Waals surface area contributed by atoms with Crippen LogP contribution in [0.4, 0.5) is 0 Å². The fourth-order valence-electron chi connectivity index (χ4n) is 4.83. The number of likely N-dealkylation sites (tertiary alicyclic amines) is 2. The maximum absolute atomic E-state index is 5.48. The van der Waals surface area contributed by atoms with Crippen molar-refractivity contribution in [3.63, 3.8) is 0 Å². The Kier molecular flexibility index (Phi) is 12.1. The van der Waals surface area contributed by atoms with Crippen LogP contribution in [0.1, 0.15) is 58.1 Å². The van der Waals surface area contributed by atoms with Gasteiger partial charge in [0.2, 0.25) is 0 Å². The summed E-state index contributed by atoms with van der Waals surface area (Å²) in [6, 6.07) is 9.41. The number of ether oxygens (including phenoxy) is 1. The molecular formula is C25H44IN5O. The molecule has 2 unspecified atom stereocenters. The predicted molar refractivity (Wildman–Crippen MR) is 145 cm³/mol.